The van der Waals surface area contributed by atoms with Crippen LogP contribution in [0.3, 0.4) is 0 Å². The minimum atomic E-state index is -0.347. The van der Waals surface area contributed by atoms with E-state index in [0.29, 0.717) is 16.5 Å². The molecule has 1 aromatic rings. The number of amides is 1. The molecule has 0 aliphatic heterocycles. The molecule has 1 saturated carbocycles. The molecule has 2 aliphatic carbocycles. The van der Waals surface area contributed by atoms with Gasteiger partial charge in [0.1, 0.15) is 5.00 Å². The van der Waals surface area contributed by atoms with Gasteiger partial charge in [0, 0.05) is 10.8 Å². The Hall–Kier alpha value is -1.47. The zero-order valence-electron chi connectivity index (χ0n) is 17.9. The standard InChI is InChI=1S/C22H32N2O3S2/c1-22(2,3)14-10-11-15-16(12-14)29-19(17(15)20(26)27-4)24-21(28)23-18(25)13-8-6-5-7-9-13/h13-14H,5-12H2,1-4H3,(H2,23,24,25,28). The van der Waals surface area contributed by atoms with Crippen LogP contribution >= 0.6 is 23.6 Å². The SMILES string of the molecule is COC(=O)c1c(NC(=S)NC(=O)C2CCCCC2)sc2c1CCC(C(C)(C)C)C2. The summed E-state index contributed by atoms with van der Waals surface area (Å²) in [5.74, 6) is 0.245. The summed E-state index contributed by atoms with van der Waals surface area (Å²) >= 11 is 6.96. The van der Waals surface area contributed by atoms with E-state index < -0.39 is 0 Å². The molecule has 5 nitrogen and oxygen atoms in total. The Kier molecular flexibility index (Phi) is 6.99. The molecular weight excluding hydrogens is 404 g/mol. The Morgan fingerprint density at radius 1 is 1.14 bits per heavy atom. The molecule has 7 heteroatoms. The average molecular weight is 437 g/mol. The predicted molar refractivity (Wildman–Crippen MR) is 122 cm³/mol. The van der Waals surface area contributed by atoms with Crippen LogP contribution in [0, 0.1) is 17.3 Å². The number of nitrogens with one attached hydrogen (secondary N) is 2. The summed E-state index contributed by atoms with van der Waals surface area (Å²) in [6.07, 6.45) is 8.10. The number of fused-ring (bicyclic) bond motifs is 1. The molecule has 1 unspecified atom stereocenters. The summed E-state index contributed by atoms with van der Waals surface area (Å²) in [5, 5.41) is 6.90. The van der Waals surface area contributed by atoms with Crippen molar-refractivity contribution in [2.75, 3.05) is 12.4 Å². The van der Waals surface area contributed by atoms with E-state index in [1.807, 2.05) is 0 Å². The Morgan fingerprint density at radius 2 is 1.83 bits per heavy atom. The van der Waals surface area contributed by atoms with E-state index in [4.69, 9.17) is 17.0 Å². The molecule has 160 valence electrons. The van der Waals surface area contributed by atoms with Gasteiger partial charge in [0.25, 0.3) is 0 Å². The fraction of sp³-hybridized carbons (Fsp3) is 0.682. The van der Waals surface area contributed by atoms with Crippen molar-refractivity contribution < 1.29 is 14.3 Å². The molecule has 0 radical (unpaired) electrons. The fourth-order valence-electron chi connectivity index (χ4n) is 4.44. The van der Waals surface area contributed by atoms with E-state index in [1.54, 1.807) is 11.3 Å². The van der Waals surface area contributed by atoms with Crippen molar-refractivity contribution in [2.45, 2.75) is 72.1 Å². The van der Waals surface area contributed by atoms with Crippen LogP contribution in [-0.2, 0) is 22.4 Å². The number of thiophene rings is 1. The second kappa shape index (κ2) is 9.13. The maximum Gasteiger partial charge on any atom is 0.341 e. The van der Waals surface area contributed by atoms with Crippen molar-refractivity contribution in [3.8, 4) is 0 Å². The molecule has 0 aromatic carbocycles. The van der Waals surface area contributed by atoms with Crippen LogP contribution in [0.4, 0.5) is 5.00 Å². The fourth-order valence-corrected chi connectivity index (χ4v) is 6.03. The number of esters is 1. The number of methoxy groups -OCH3 is 1. The smallest absolute Gasteiger partial charge is 0.341 e. The van der Waals surface area contributed by atoms with Gasteiger partial charge in [-0.15, -0.1) is 11.3 Å². The highest BCUT2D eigenvalue weighted by molar-refractivity contribution is 7.80. The van der Waals surface area contributed by atoms with E-state index in [9.17, 15) is 9.59 Å². The van der Waals surface area contributed by atoms with Gasteiger partial charge in [-0.2, -0.15) is 0 Å². The Bertz CT molecular complexity index is 789. The molecule has 0 saturated heterocycles. The Morgan fingerprint density at radius 3 is 2.45 bits per heavy atom. The first-order valence-corrected chi connectivity index (χ1v) is 11.8. The predicted octanol–water partition coefficient (Wildman–Crippen LogP) is 5.08. The van der Waals surface area contributed by atoms with Gasteiger partial charge in [-0.3, -0.25) is 4.79 Å². The number of ether oxygens (including phenoxy) is 1. The lowest BCUT2D eigenvalue weighted by Gasteiger charge is -2.33. The van der Waals surface area contributed by atoms with E-state index in [-0.39, 0.29) is 28.3 Å². The molecule has 1 fully saturated rings. The minimum absolute atomic E-state index is 0.0177. The van der Waals surface area contributed by atoms with Gasteiger partial charge in [-0.05, 0) is 61.2 Å². The molecule has 29 heavy (non-hydrogen) atoms. The van der Waals surface area contributed by atoms with Gasteiger partial charge in [-0.1, -0.05) is 40.0 Å². The third-order valence-corrected chi connectivity index (χ3v) is 7.69. The molecule has 1 atom stereocenters. The lowest BCUT2D eigenvalue weighted by molar-refractivity contribution is -0.124. The van der Waals surface area contributed by atoms with Crippen LogP contribution in [0.25, 0.3) is 0 Å². The molecular formula is C22H32N2O3S2. The molecule has 1 aromatic heterocycles. The third-order valence-electron chi connectivity index (χ3n) is 6.32. The number of anilines is 1. The van der Waals surface area contributed by atoms with Crippen molar-refractivity contribution in [2.24, 2.45) is 17.3 Å². The zero-order chi connectivity index (χ0) is 21.2. The molecule has 1 amide bonds. The van der Waals surface area contributed by atoms with Gasteiger partial charge in [-0.25, -0.2) is 4.79 Å². The van der Waals surface area contributed by atoms with Crippen LogP contribution in [-0.4, -0.2) is 24.1 Å². The van der Waals surface area contributed by atoms with E-state index in [2.05, 4.69) is 31.4 Å². The summed E-state index contributed by atoms with van der Waals surface area (Å²) in [6, 6.07) is 0. The number of carbonyl (C=O) groups excluding carboxylic acids is 2. The number of rotatable bonds is 3. The second-order valence-electron chi connectivity index (χ2n) is 9.28. The molecule has 2 aliphatic rings. The van der Waals surface area contributed by atoms with E-state index in [0.717, 1.165) is 50.5 Å². The average Bonchev–Trinajstić information content (AvgIpc) is 3.04. The number of thiocarbonyl (C=S) groups is 1. The van der Waals surface area contributed by atoms with Crippen LogP contribution in [0.2, 0.25) is 0 Å². The van der Waals surface area contributed by atoms with Gasteiger partial charge in [0.05, 0.1) is 12.7 Å². The molecule has 2 N–H and O–H groups in total. The van der Waals surface area contributed by atoms with Crippen molar-refractivity contribution in [1.29, 1.82) is 0 Å². The first kappa shape index (κ1) is 22.2. The van der Waals surface area contributed by atoms with E-state index >= 15 is 0 Å². The number of carbonyl (C=O) groups is 2. The number of hydrogen-bond donors (Lipinski definition) is 2. The lowest BCUT2D eigenvalue weighted by Crippen LogP contribution is -2.39. The van der Waals surface area contributed by atoms with Crippen molar-refractivity contribution >= 4 is 45.5 Å². The summed E-state index contributed by atoms with van der Waals surface area (Å²) in [5.41, 5.74) is 1.88. The summed E-state index contributed by atoms with van der Waals surface area (Å²) in [6.45, 7) is 6.81. The molecule has 3 rings (SSSR count). The van der Waals surface area contributed by atoms with Crippen molar-refractivity contribution in [3.63, 3.8) is 0 Å². The summed E-state index contributed by atoms with van der Waals surface area (Å²) < 4.78 is 5.05. The highest BCUT2D eigenvalue weighted by Crippen LogP contribution is 2.44. The highest BCUT2D eigenvalue weighted by Gasteiger charge is 2.34. The maximum atomic E-state index is 12.5. The van der Waals surface area contributed by atoms with E-state index in [1.165, 1.54) is 18.4 Å². The van der Waals surface area contributed by atoms with Crippen LogP contribution in [0.5, 0.6) is 0 Å². The highest BCUT2D eigenvalue weighted by atomic mass is 32.1. The number of hydrogen-bond acceptors (Lipinski definition) is 5. The topological polar surface area (TPSA) is 67.4 Å². The Labute approximate surface area is 183 Å². The third kappa shape index (κ3) is 5.18. The monoisotopic (exact) mass is 436 g/mol. The minimum Gasteiger partial charge on any atom is -0.465 e. The first-order valence-electron chi connectivity index (χ1n) is 10.6. The maximum absolute atomic E-state index is 12.5. The van der Waals surface area contributed by atoms with Gasteiger partial charge < -0.3 is 15.4 Å². The van der Waals surface area contributed by atoms with Crippen molar-refractivity contribution in [3.05, 3.63) is 16.0 Å². The summed E-state index contributed by atoms with van der Waals surface area (Å²) in [7, 11) is 1.40. The quantitative estimate of drug-likeness (QED) is 0.511. The van der Waals surface area contributed by atoms with Gasteiger partial charge in [0.2, 0.25) is 5.91 Å². The van der Waals surface area contributed by atoms with Crippen LogP contribution in [0.1, 0.15) is 80.1 Å². The second-order valence-corrected chi connectivity index (χ2v) is 10.8. The van der Waals surface area contributed by atoms with Crippen LogP contribution in [0.15, 0.2) is 0 Å². The molecule has 1 heterocycles. The lowest BCUT2D eigenvalue weighted by atomic mass is 9.72. The summed E-state index contributed by atoms with van der Waals surface area (Å²) in [4.78, 5) is 26.2. The van der Waals surface area contributed by atoms with Gasteiger partial charge >= 0.3 is 5.97 Å². The zero-order valence-corrected chi connectivity index (χ0v) is 19.5. The Balaban J connectivity index is 1.76. The largest absolute Gasteiger partial charge is 0.465 e. The first-order chi connectivity index (χ1) is 13.7. The van der Waals surface area contributed by atoms with Crippen LogP contribution < -0.4 is 10.6 Å². The molecule has 0 spiro atoms. The van der Waals surface area contributed by atoms with Gasteiger partial charge in [0.15, 0.2) is 5.11 Å². The van der Waals surface area contributed by atoms with Crippen molar-refractivity contribution in [1.82, 2.24) is 5.32 Å². The normalized spacial score (nSPS) is 19.9. The molecule has 0 bridgehead atoms.